The summed E-state index contributed by atoms with van der Waals surface area (Å²) in [5, 5.41) is 21.1. The van der Waals surface area contributed by atoms with Gasteiger partial charge in [0.1, 0.15) is 36.5 Å². The van der Waals surface area contributed by atoms with Gasteiger partial charge in [0.2, 0.25) is 5.95 Å². The number of nitrogens with two attached hydrogens (primary N) is 1. The number of rotatable bonds is 10. The molecule has 1 saturated heterocycles. The second-order valence-electron chi connectivity index (χ2n) is 8.07. The van der Waals surface area contributed by atoms with E-state index in [-0.39, 0.29) is 28.3 Å². The predicted octanol–water partition coefficient (Wildman–Crippen LogP) is -2.06. The lowest BCUT2D eigenvalue weighted by Crippen LogP contribution is -2.34. The summed E-state index contributed by atoms with van der Waals surface area (Å²) in [6, 6.07) is 0. The van der Waals surface area contributed by atoms with Crippen LogP contribution in [0.2, 0.25) is 0 Å². The van der Waals surface area contributed by atoms with Crippen molar-refractivity contribution < 1.29 is 61.1 Å². The zero-order chi connectivity index (χ0) is 29.7. The van der Waals surface area contributed by atoms with Gasteiger partial charge in [0.25, 0.3) is 5.56 Å². The minimum absolute atomic E-state index is 0.0962. The number of aromatic nitrogens is 8. The van der Waals surface area contributed by atoms with E-state index < -0.39 is 60.2 Å². The minimum atomic E-state index is -5.85. The van der Waals surface area contributed by atoms with Crippen LogP contribution in [0.1, 0.15) is 6.23 Å². The van der Waals surface area contributed by atoms with E-state index in [4.69, 9.17) is 29.4 Å². The van der Waals surface area contributed by atoms with Crippen molar-refractivity contribution in [3.8, 4) is 0 Å². The Labute approximate surface area is 224 Å². The number of aliphatic hydroxyl groups excluding tert-OH is 2. The van der Waals surface area contributed by atoms with Crippen LogP contribution in [0, 0.1) is 0 Å². The Hall–Kier alpha value is -3.17. The van der Waals surface area contributed by atoms with Gasteiger partial charge >= 0.3 is 23.5 Å². The fraction of sp³-hybridized carbons (Fsp3) is 0.333. The van der Waals surface area contributed by atoms with Crippen LogP contribution in [0.15, 0.2) is 30.0 Å². The van der Waals surface area contributed by atoms with E-state index in [1.165, 1.54) is 6.20 Å². The van der Waals surface area contributed by atoms with Crippen molar-refractivity contribution in [2.24, 2.45) is 0 Å². The van der Waals surface area contributed by atoms with E-state index in [1.54, 1.807) is 0 Å². The molecule has 1 fully saturated rings. The predicted molar refractivity (Wildman–Crippen MR) is 128 cm³/mol. The number of hydrogen-bond acceptors (Lipinski definition) is 17. The first kappa shape index (κ1) is 29.3. The number of fused-ring (bicyclic) bond motifs is 2. The number of aromatic amines is 1. The topological polar surface area (TPSA) is 332 Å². The summed E-state index contributed by atoms with van der Waals surface area (Å²) >= 11 is 0. The zero-order valence-corrected chi connectivity index (χ0v) is 22.5. The van der Waals surface area contributed by atoms with Crippen LogP contribution in [0.4, 0.5) is 5.95 Å². The van der Waals surface area contributed by atoms with Gasteiger partial charge in [-0.1, -0.05) is 0 Å². The lowest BCUT2D eigenvalue weighted by Gasteiger charge is -2.22. The van der Waals surface area contributed by atoms with Gasteiger partial charge in [-0.2, -0.15) is 13.6 Å². The molecule has 0 amide bonds. The van der Waals surface area contributed by atoms with Crippen LogP contribution in [0.5, 0.6) is 0 Å². The van der Waals surface area contributed by atoms with Crippen molar-refractivity contribution in [1.29, 1.82) is 0 Å². The largest absolute Gasteiger partial charge is 0.558 e. The summed E-state index contributed by atoms with van der Waals surface area (Å²) < 4.78 is 62.1. The number of aliphatic hydroxyl groups is 2. The van der Waals surface area contributed by atoms with Crippen LogP contribution in [-0.2, 0) is 31.6 Å². The third kappa shape index (κ3) is 6.21. The molecule has 0 radical (unpaired) electrons. The molecule has 4 aromatic heterocycles. The first-order chi connectivity index (χ1) is 19.1. The molecular weight excluding hydrogens is 623 g/mol. The maximum atomic E-state index is 13.4. The maximum Gasteiger partial charge on any atom is 0.558 e. The molecule has 0 aromatic carbocycles. The summed E-state index contributed by atoms with van der Waals surface area (Å²) in [4.78, 5) is 61.0. The van der Waals surface area contributed by atoms with Crippen molar-refractivity contribution in [2.75, 3.05) is 12.3 Å². The number of nitrogens with zero attached hydrogens (tertiary/aromatic N) is 7. The molecule has 6 atom stereocenters. The fourth-order valence-corrected chi connectivity index (χ4v) is 7.14. The molecule has 4 aromatic rings. The Kier molecular flexibility index (Phi) is 7.57. The SMILES string of the molecule is Nc1nc2c(ncn2[C@@H]2O[C@H](COP(=O)(On3cnc4cncnc43)OP(=O)(O)OP(=O)(O)O)[C@@H](O)[C@H]2O)c(=O)[nH]1. The van der Waals surface area contributed by atoms with E-state index in [0.29, 0.717) is 4.73 Å². The zero-order valence-electron chi connectivity index (χ0n) is 19.8. The molecular formula is C15H18N9O14P3. The molecule has 0 saturated carbocycles. The molecule has 0 aliphatic carbocycles. The van der Waals surface area contributed by atoms with Crippen LogP contribution in [0.25, 0.3) is 22.3 Å². The van der Waals surface area contributed by atoms with Crippen LogP contribution in [0.3, 0.4) is 0 Å². The van der Waals surface area contributed by atoms with E-state index >= 15 is 0 Å². The van der Waals surface area contributed by atoms with Gasteiger partial charge in [0, 0.05) is 0 Å². The third-order valence-electron chi connectivity index (χ3n) is 5.24. The summed E-state index contributed by atoms with van der Waals surface area (Å²) in [5.41, 5.74) is 4.53. The van der Waals surface area contributed by atoms with Crippen molar-refractivity contribution in [3.63, 3.8) is 0 Å². The van der Waals surface area contributed by atoms with Gasteiger partial charge < -0.3 is 40.0 Å². The number of imidazole rings is 2. The molecule has 0 bridgehead atoms. The highest BCUT2D eigenvalue weighted by atomic mass is 31.3. The lowest BCUT2D eigenvalue weighted by molar-refractivity contribution is -0.0514. The average molecular weight is 641 g/mol. The molecule has 41 heavy (non-hydrogen) atoms. The first-order valence-corrected chi connectivity index (χ1v) is 15.3. The molecule has 5 heterocycles. The first-order valence-electron chi connectivity index (χ1n) is 10.8. The van der Waals surface area contributed by atoms with Crippen molar-refractivity contribution in [1.82, 2.24) is 39.2 Å². The van der Waals surface area contributed by atoms with Crippen molar-refractivity contribution >= 4 is 51.7 Å². The molecule has 8 N–H and O–H groups in total. The fourth-order valence-electron chi connectivity index (χ4n) is 3.64. The Morgan fingerprint density at radius 1 is 1.05 bits per heavy atom. The van der Waals surface area contributed by atoms with E-state index in [0.717, 1.165) is 23.5 Å². The number of hydrogen-bond donors (Lipinski definition) is 7. The Balaban J connectivity index is 1.40. The van der Waals surface area contributed by atoms with Gasteiger partial charge in [-0.3, -0.25) is 18.9 Å². The van der Waals surface area contributed by atoms with Crippen molar-refractivity contribution in [3.05, 3.63) is 35.5 Å². The molecule has 1 aliphatic rings. The van der Waals surface area contributed by atoms with Crippen LogP contribution < -0.4 is 15.9 Å². The third-order valence-corrected chi connectivity index (χ3v) is 9.39. The standard InChI is InChI=1S/C15H18N9O14P3/c16-15-21-12-8(13(27)22-15)20-4-23(12)14-10(26)9(25)7(35-14)2-34-41(33,38-40(31,32)37-39(28,29)30)36-24-5-19-6-1-17-3-18-11(6)24/h1,3-5,7,9-10,14,25-26H,2H2,(H,31,32)(H2,28,29,30)(H3,16,21,22,27)/t7-,9-,10-,14-,41?/m1/s1. The second kappa shape index (κ2) is 10.6. The highest BCUT2D eigenvalue weighted by molar-refractivity contribution is 7.66. The Morgan fingerprint density at radius 3 is 2.54 bits per heavy atom. The highest BCUT2D eigenvalue weighted by Crippen LogP contribution is 2.67. The van der Waals surface area contributed by atoms with Gasteiger partial charge in [-0.25, -0.2) is 33.6 Å². The number of nitrogens with one attached hydrogen (secondary N) is 1. The highest BCUT2D eigenvalue weighted by Gasteiger charge is 2.49. The maximum absolute atomic E-state index is 13.4. The minimum Gasteiger partial charge on any atom is -0.387 e. The van der Waals surface area contributed by atoms with Crippen LogP contribution >= 0.6 is 23.5 Å². The second-order valence-corrected chi connectivity index (χ2v) is 12.6. The Morgan fingerprint density at radius 2 is 1.80 bits per heavy atom. The Bertz CT molecular complexity index is 1800. The quantitative estimate of drug-likeness (QED) is 0.0915. The smallest absolute Gasteiger partial charge is 0.387 e. The monoisotopic (exact) mass is 641 g/mol. The summed E-state index contributed by atoms with van der Waals surface area (Å²) in [6.07, 6.45) is -2.28. The van der Waals surface area contributed by atoms with E-state index in [9.17, 15) is 33.6 Å². The van der Waals surface area contributed by atoms with Gasteiger partial charge in [-0.05, 0) is 0 Å². The summed E-state index contributed by atoms with van der Waals surface area (Å²) in [6.45, 7) is -0.994. The van der Waals surface area contributed by atoms with E-state index in [1.807, 2.05) is 0 Å². The summed E-state index contributed by atoms with van der Waals surface area (Å²) in [7, 11) is -16.9. The van der Waals surface area contributed by atoms with Crippen LogP contribution in [-0.4, -0.2) is 89.0 Å². The van der Waals surface area contributed by atoms with E-state index in [2.05, 4.69) is 38.5 Å². The number of anilines is 1. The number of phosphoric acid groups is 3. The molecule has 222 valence electrons. The molecule has 0 spiro atoms. The summed E-state index contributed by atoms with van der Waals surface area (Å²) in [5.74, 6) is -0.282. The molecule has 26 heteroatoms. The molecule has 2 unspecified atom stereocenters. The normalized spacial score (nSPS) is 24.4. The van der Waals surface area contributed by atoms with Gasteiger partial charge in [0.15, 0.2) is 23.0 Å². The molecule has 5 rings (SSSR count). The average Bonchev–Trinajstić information content (AvgIpc) is 3.53. The lowest BCUT2D eigenvalue weighted by atomic mass is 10.1. The van der Waals surface area contributed by atoms with Gasteiger partial charge in [0.05, 0.1) is 19.1 Å². The van der Waals surface area contributed by atoms with Gasteiger partial charge in [-0.15, -0.1) is 4.73 Å². The number of nitrogen functional groups attached to an aromatic ring is 1. The molecule has 23 nitrogen and oxygen atoms in total. The number of H-pyrrole nitrogens is 1. The van der Waals surface area contributed by atoms with Crippen molar-refractivity contribution in [2.45, 2.75) is 24.5 Å². The number of ether oxygens (including phenoxy) is 1. The molecule has 1 aliphatic heterocycles.